The van der Waals surface area contributed by atoms with Gasteiger partial charge in [-0.25, -0.2) is 4.79 Å². The lowest BCUT2D eigenvalue weighted by molar-refractivity contribution is -0.134. The summed E-state index contributed by atoms with van der Waals surface area (Å²) in [6, 6.07) is 16.3. The fourth-order valence-electron chi connectivity index (χ4n) is 4.67. The fraction of sp³-hybridized carbons (Fsp3) is 0.385. The largest absolute Gasteiger partial charge is 0.449 e. The summed E-state index contributed by atoms with van der Waals surface area (Å²) < 4.78 is 5.62. The average Bonchev–Trinajstić information content (AvgIpc) is 2.88. The van der Waals surface area contributed by atoms with E-state index in [1.54, 1.807) is 41.3 Å². The molecular weight excluding hydrogens is 446 g/mol. The third-order valence-corrected chi connectivity index (χ3v) is 6.67. The predicted molar refractivity (Wildman–Crippen MR) is 131 cm³/mol. The van der Waals surface area contributed by atoms with Gasteiger partial charge in [0.1, 0.15) is 6.61 Å². The molecular formula is C26H31N5O4. The molecule has 2 aromatic rings. The van der Waals surface area contributed by atoms with Crippen LogP contribution in [0.15, 0.2) is 48.5 Å². The van der Waals surface area contributed by atoms with Gasteiger partial charge in [0.05, 0.1) is 24.1 Å². The van der Waals surface area contributed by atoms with Gasteiger partial charge in [0.15, 0.2) is 0 Å². The van der Waals surface area contributed by atoms with Crippen LogP contribution >= 0.6 is 0 Å². The molecule has 35 heavy (non-hydrogen) atoms. The number of hydrogen-bond acceptors (Lipinski definition) is 6. The second kappa shape index (κ2) is 11.5. The number of anilines is 1. The Hall–Kier alpha value is -3.90. The van der Waals surface area contributed by atoms with Gasteiger partial charge < -0.3 is 21.1 Å². The Labute approximate surface area is 205 Å². The molecule has 184 valence electrons. The molecule has 0 radical (unpaired) electrons. The van der Waals surface area contributed by atoms with Crippen molar-refractivity contribution < 1.29 is 19.1 Å². The first-order valence-electron chi connectivity index (χ1n) is 11.6. The molecule has 5 N–H and O–H groups in total. The van der Waals surface area contributed by atoms with E-state index in [9.17, 15) is 19.6 Å². The van der Waals surface area contributed by atoms with Crippen molar-refractivity contribution in [1.82, 2.24) is 4.90 Å². The maximum Gasteiger partial charge on any atom is 0.411 e. The Bertz CT molecular complexity index is 1100. The zero-order valence-electron chi connectivity index (χ0n) is 19.8. The van der Waals surface area contributed by atoms with E-state index in [4.69, 9.17) is 16.2 Å². The van der Waals surface area contributed by atoms with Crippen molar-refractivity contribution in [2.24, 2.45) is 16.9 Å². The van der Waals surface area contributed by atoms with E-state index in [-0.39, 0.29) is 19.1 Å². The molecule has 3 amide bonds. The van der Waals surface area contributed by atoms with Crippen LogP contribution in [0.25, 0.3) is 0 Å². The van der Waals surface area contributed by atoms with E-state index in [0.29, 0.717) is 42.7 Å². The minimum Gasteiger partial charge on any atom is -0.449 e. The van der Waals surface area contributed by atoms with Crippen LogP contribution in [-0.4, -0.2) is 49.0 Å². The second-order valence-corrected chi connectivity index (χ2v) is 8.73. The molecule has 1 fully saturated rings. The molecule has 0 bridgehead atoms. The van der Waals surface area contributed by atoms with Gasteiger partial charge in [-0.1, -0.05) is 37.3 Å². The molecule has 0 aliphatic carbocycles. The number of piperidine rings is 1. The van der Waals surface area contributed by atoms with Crippen LogP contribution in [0.2, 0.25) is 0 Å². The Balaban J connectivity index is 1.86. The highest BCUT2D eigenvalue weighted by molar-refractivity contribution is 5.86. The SMILES string of the molecule is CCc1ccc(NC(=O)OCC2(C(C(N)=O)c3ccccc3C#N)CCN(C(=O)CN)CC2)cc1. The maximum atomic E-state index is 12.8. The molecule has 0 spiro atoms. The van der Waals surface area contributed by atoms with Crippen molar-refractivity contribution in [3.8, 4) is 6.07 Å². The number of carbonyl (C=O) groups is 3. The Morgan fingerprint density at radius 3 is 2.37 bits per heavy atom. The van der Waals surface area contributed by atoms with E-state index in [0.717, 1.165) is 12.0 Å². The third-order valence-electron chi connectivity index (χ3n) is 6.67. The molecule has 0 saturated carbocycles. The molecule has 1 unspecified atom stereocenters. The van der Waals surface area contributed by atoms with Gasteiger partial charge >= 0.3 is 6.09 Å². The summed E-state index contributed by atoms with van der Waals surface area (Å²) in [6.45, 7) is 2.49. The van der Waals surface area contributed by atoms with Crippen LogP contribution in [0.1, 0.15) is 42.4 Å². The first kappa shape index (κ1) is 25.7. The predicted octanol–water partition coefficient (Wildman–Crippen LogP) is 2.51. The number of nitrogens with zero attached hydrogens (tertiary/aromatic N) is 2. The minimum atomic E-state index is -0.895. The van der Waals surface area contributed by atoms with E-state index in [2.05, 4.69) is 11.4 Å². The van der Waals surface area contributed by atoms with Crippen LogP contribution in [0.5, 0.6) is 0 Å². The summed E-state index contributed by atoms with van der Waals surface area (Å²) in [5.41, 5.74) is 13.1. The summed E-state index contributed by atoms with van der Waals surface area (Å²) >= 11 is 0. The molecule has 1 aliphatic rings. The summed E-state index contributed by atoms with van der Waals surface area (Å²) in [4.78, 5) is 39.2. The standard InChI is InChI=1S/C26H31N5O4/c1-2-18-7-9-20(10-8-18)30-25(34)35-17-26(11-13-31(14-12-26)22(32)16-28)23(24(29)33)21-6-4-3-5-19(21)15-27/h3-10,23H,2,11-14,16-17,28H2,1H3,(H2,29,33)(H,30,34). The average molecular weight is 478 g/mol. The van der Waals surface area contributed by atoms with Gasteiger partial charge in [-0.2, -0.15) is 5.26 Å². The first-order chi connectivity index (χ1) is 16.8. The van der Waals surface area contributed by atoms with Gasteiger partial charge in [0, 0.05) is 24.2 Å². The van der Waals surface area contributed by atoms with Crippen LogP contribution in [0.4, 0.5) is 10.5 Å². The molecule has 9 nitrogen and oxygen atoms in total. The number of nitrogens with one attached hydrogen (secondary N) is 1. The highest BCUT2D eigenvalue weighted by Crippen LogP contribution is 2.45. The normalized spacial score (nSPS) is 15.5. The smallest absolute Gasteiger partial charge is 0.411 e. The molecule has 9 heteroatoms. The topological polar surface area (TPSA) is 152 Å². The van der Waals surface area contributed by atoms with Crippen molar-refractivity contribution in [1.29, 1.82) is 5.26 Å². The quantitative estimate of drug-likeness (QED) is 0.531. The van der Waals surface area contributed by atoms with Crippen molar-refractivity contribution in [2.45, 2.75) is 32.1 Å². The number of ether oxygens (including phenoxy) is 1. The monoisotopic (exact) mass is 477 g/mol. The highest BCUT2D eigenvalue weighted by Gasteiger charge is 2.47. The van der Waals surface area contributed by atoms with Gasteiger partial charge in [0.25, 0.3) is 0 Å². The number of nitrogens with two attached hydrogens (primary N) is 2. The van der Waals surface area contributed by atoms with Gasteiger partial charge in [-0.15, -0.1) is 0 Å². The van der Waals surface area contributed by atoms with Crippen LogP contribution < -0.4 is 16.8 Å². The molecule has 1 heterocycles. The van der Waals surface area contributed by atoms with E-state index in [1.165, 1.54) is 0 Å². The molecule has 1 aliphatic heterocycles. The number of primary amides is 1. The van der Waals surface area contributed by atoms with E-state index in [1.807, 2.05) is 19.1 Å². The highest BCUT2D eigenvalue weighted by atomic mass is 16.5. The number of carbonyl (C=O) groups excluding carboxylic acids is 3. The van der Waals surface area contributed by atoms with Crippen LogP contribution in [-0.2, 0) is 20.7 Å². The Morgan fingerprint density at radius 1 is 1.14 bits per heavy atom. The maximum absolute atomic E-state index is 12.8. The zero-order chi connectivity index (χ0) is 25.4. The molecule has 2 aromatic carbocycles. The fourth-order valence-corrected chi connectivity index (χ4v) is 4.67. The van der Waals surface area contributed by atoms with Gasteiger partial charge in [-0.3, -0.25) is 14.9 Å². The van der Waals surface area contributed by atoms with Crippen LogP contribution in [0.3, 0.4) is 0 Å². The molecule has 3 rings (SSSR count). The van der Waals surface area contributed by atoms with E-state index >= 15 is 0 Å². The summed E-state index contributed by atoms with van der Waals surface area (Å²) in [7, 11) is 0. The Kier molecular flexibility index (Phi) is 8.44. The lowest BCUT2D eigenvalue weighted by Gasteiger charge is -2.45. The third kappa shape index (κ3) is 5.97. The number of benzene rings is 2. The van der Waals surface area contributed by atoms with E-state index < -0.39 is 23.3 Å². The first-order valence-corrected chi connectivity index (χ1v) is 11.6. The van der Waals surface area contributed by atoms with Crippen molar-refractivity contribution in [3.63, 3.8) is 0 Å². The number of aryl methyl sites for hydroxylation is 1. The summed E-state index contributed by atoms with van der Waals surface area (Å²) in [5, 5.41) is 12.3. The van der Waals surface area contributed by atoms with Crippen LogP contribution in [0, 0.1) is 16.7 Å². The minimum absolute atomic E-state index is 0.107. The van der Waals surface area contributed by atoms with Crippen molar-refractivity contribution >= 4 is 23.6 Å². The summed E-state index contributed by atoms with van der Waals surface area (Å²) in [6.07, 6.45) is 0.927. The van der Waals surface area contributed by atoms with Gasteiger partial charge in [0.2, 0.25) is 11.8 Å². The molecule has 0 aromatic heterocycles. The van der Waals surface area contributed by atoms with Crippen molar-refractivity contribution in [2.75, 3.05) is 31.6 Å². The second-order valence-electron chi connectivity index (χ2n) is 8.73. The number of rotatable bonds is 8. The summed E-state index contributed by atoms with van der Waals surface area (Å²) in [5.74, 6) is -1.70. The number of hydrogen-bond donors (Lipinski definition) is 3. The zero-order valence-corrected chi connectivity index (χ0v) is 19.8. The number of nitriles is 1. The molecule has 1 atom stereocenters. The Morgan fingerprint density at radius 2 is 1.80 bits per heavy atom. The lowest BCUT2D eigenvalue weighted by atomic mass is 9.65. The lowest BCUT2D eigenvalue weighted by Crippen LogP contribution is -2.51. The number of amides is 3. The molecule has 1 saturated heterocycles. The van der Waals surface area contributed by atoms with Crippen molar-refractivity contribution in [3.05, 3.63) is 65.2 Å². The van der Waals surface area contributed by atoms with Gasteiger partial charge in [-0.05, 0) is 48.6 Å². The number of likely N-dealkylation sites (tertiary alicyclic amines) is 1.